The van der Waals surface area contributed by atoms with Crippen molar-refractivity contribution in [1.82, 2.24) is 0 Å². The van der Waals surface area contributed by atoms with E-state index in [4.69, 9.17) is 18.6 Å². The van der Waals surface area contributed by atoms with Gasteiger partial charge in [0, 0.05) is 10.8 Å². The van der Waals surface area contributed by atoms with E-state index in [9.17, 15) is 9.59 Å². The summed E-state index contributed by atoms with van der Waals surface area (Å²) in [5.74, 6) is -1.28. The van der Waals surface area contributed by atoms with Crippen LogP contribution in [0.25, 0.3) is 21.9 Å². The van der Waals surface area contributed by atoms with Gasteiger partial charge in [-0.1, -0.05) is 24.3 Å². The molecule has 1 heterocycles. The highest BCUT2D eigenvalue weighted by Gasteiger charge is 2.34. The molecule has 0 amide bonds. The molecule has 3 rings (SSSR count). The molecule has 0 bridgehead atoms. The van der Waals surface area contributed by atoms with Gasteiger partial charge in [-0.3, -0.25) is 9.15 Å². The van der Waals surface area contributed by atoms with Crippen molar-refractivity contribution in [3.8, 4) is 0 Å². The van der Waals surface area contributed by atoms with Crippen LogP contribution in [-0.4, -0.2) is 23.1 Å². The number of carbonyl (C=O) groups excluding carboxylic acids is 2. The van der Waals surface area contributed by atoms with Crippen molar-refractivity contribution in [3.05, 3.63) is 35.4 Å². The maximum absolute atomic E-state index is 12.9. The van der Waals surface area contributed by atoms with Gasteiger partial charge < -0.3 is 9.47 Å². The van der Waals surface area contributed by atoms with Gasteiger partial charge in [-0.2, -0.15) is 0 Å². The second-order valence-electron chi connectivity index (χ2n) is 8.12. The Bertz CT molecular complexity index is 991. The van der Waals surface area contributed by atoms with E-state index in [1.165, 1.54) is 0 Å². The molecule has 1 aromatic heterocycles. The molecule has 0 aliphatic carbocycles. The lowest BCUT2D eigenvalue weighted by molar-refractivity contribution is 0.00103. The molecule has 0 fully saturated rings. The van der Waals surface area contributed by atoms with E-state index >= 15 is 0 Å². The van der Waals surface area contributed by atoms with Crippen molar-refractivity contribution in [2.24, 2.45) is 0 Å². The molecule has 0 aliphatic rings. The Balaban J connectivity index is 2.28. The Morgan fingerprint density at radius 1 is 0.731 bits per heavy atom. The van der Waals surface area contributed by atoms with Crippen LogP contribution in [0.1, 0.15) is 62.3 Å². The minimum absolute atomic E-state index is 0.0223. The molecule has 0 aliphatic heterocycles. The SMILES string of the molecule is CC(C)(C)OC(=O)c1c(C(=O)OC(C)(C)C)c2ooc2c2ccccc12. The molecule has 6 nitrogen and oxygen atoms in total. The first-order valence-corrected chi connectivity index (χ1v) is 8.38. The van der Waals surface area contributed by atoms with Crippen molar-refractivity contribution in [2.75, 3.05) is 0 Å². The molecule has 0 N–H and O–H groups in total. The summed E-state index contributed by atoms with van der Waals surface area (Å²) in [4.78, 5) is 25.8. The van der Waals surface area contributed by atoms with Gasteiger partial charge in [-0.15, -0.1) is 0 Å². The molecule has 2 aromatic carbocycles. The van der Waals surface area contributed by atoms with Crippen LogP contribution in [0.4, 0.5) is 0 Å². The fourth-order valence-corrected chi connectivity index (χ4v) is 2.66. The Morgan fingerprint density at radius 3 is 1.65 bits per heavy atom. The molecular weight excluding hydrogens is 336 g/mol. The van der Waals surface area contributed by atoms with Gasteiger partial charge in [-0.25, -0.2) is 9.59 Å². The van der Waals surface area contributed by atoms with Crippen molar-refractivity contribution >= 4 is 33.9 Å². The van der Waals surface area contributed by atoms with Crippen LogP contribution in [0.15, 0.2) is 33.4 Å². The van der Waals surface area contributed by atoms with Gasteiger partial charge in [0.2, 0.25) is 11.2 Å². The van der Waals surface area contributed by atoms with Crippen molar-refractivity contribution in [1.29, 1.82) is 0 Å². The average Bonchev–Trinajstić information content (AvgIpc) is 2.42. The molecule has 0 radical (unpaired) electrons. The summed E-state index contributed by atoms with van der Waals surface area (Å²) in [6, 6.07) is 7.13. The van der Waals surface area contributed by atoms with E-state index < -0.39 is 23.1 Å². The van der Waals surface area contributed by atoms with Gasteiger partial charge >= 0.3 is 11.9 Å². The fourth-order valence-electron chi connectivity index (χ4n) is 2.66. The van der Waals surface area contributed by atoms with Crippen molar-refractivity contribution < 1.29 is 28.2 Å². The standard InChI is InChI=1S/C20H22O6/c1-19(2,3)23-17(21)13-11-9-7-8-10-12(11)15-16(26-25-15)14(13)18(22)24-20(4,5)6/h7-10H,1-6H3. The third-order valence-electron chi connectivity index (χ3n) is 3.54. The first kappa shape index (κ1) is 18.0. The Labute approximate surface area is 151 Å². The minimum Gasteiger partial charge on any atom is -0.456 e. The van der Waals surface area contributed by atoms with Crippen LogP contribution in [-0.2, 0) is 9.47 Å². The van der Waals surface area contributed by atoms with E-state index in [1.54, 1.807) is 59.7 Å². The summed E-state index contributed by atoms with van der Waals surface area (Å²) >= 11 is 0. The topological polar surface area (TPSA) is 78.9 Å². The largest absolute Gasteiger partial charge is 0.456 e. The summed E-state index contributed by atoms with van der Waals surface area (Å²) in [5.41, 5.74) is -0.705. The zero-order valence-corrected chi connectivity index (χ0v) is 15.8. The van der Waals surface area contributed by atoms with Gasteiger partial charge in [0.05, 0.1) is 5.56 Å². The molecule has 0 spiro atoms. The van der Waals surface area contributed by atoms with Gasteiger partial charge in [0.15, 0.2) is 0 Å². The third kappa shape index (κ3) is 3.31. The summed E-state index contributed by atoms with van der Waals surface area (Å²) in [7, 11) is 0. The van der Waals surface area contributed by atoms with Crippen LogP contribution >= 0.6 is 0 Å². The van der Waals surface area contributed by atoms with Crippen LogP contribution in [0.5, 0.6) is 0 Å². The molecule has 0 saturated heterocycles. The zero-order valence-electron chi connectivity index (χ0n) is 15.8. The number of hydrogen-bond acceptors (Lipinski definition) is 6. The Kier molecular flexibility index (Phi) is 4.09. The Morgan fingerprint density at radius 2 is 1.19 bits per heavy atom. The summed E-state index contributed by atoms with van der Waals surface area (Å²) in [6.07, 6.45) is 0. The molecule has 0 saturated carbocycles. The molecule has 6 heteroatoms. The van der Waals surface area contributed by atoms with Crippen LogP contribution < -0.4 is 0 Å². The first-order chi connectivity index (χ1) is 12.0. The number of ether oxygens (including phenoxy) is 2. The molecular formula is C20H22O6. The van der Waals surface area contributed by atoms with Gasteiger partial charge in [0.1, 0.15) is 16.8 Å². The van der Waals surface area contributed by atoms with Crippen LogP contribution in [0.3, 0.4) is 0 Å². The number of esters is 2. The molecule has 138 valence electrons. The summed E-state index contributed by atoms with van der Waals surface area (Å²) < 4.78 is 21.2. The molecule has 0 unspecified atom stereocenters. The van der Waals surface area contributed by atoms with Gasteiger partial charge in [0.25, 0.3) is 0 Å². The second kappa shape index (κ2) is 5.90. The molecule has 3 aromatic rings. The zero-order chi connectivity index (χ0) is 19.3. The normalized spacial score (nSPS) is 12.5. The number of carbonyl (C=O) groups is 2. The third-order valence-corrected chi connectivity index (χ3v) is 3.54. The monoisotopic (exact) mass is 358 g/mol. The highest BCUT2D eigenvalue weighted by molar-refractivity contribution is 6.22. The quantitative estimate of drug-likeness (QED) is 0.469. The molecule has 0 atom stereocenters. The first-order valence-electron chi connectivity index (χ1n) is 8.38. The predicted molar refractivity (Wildman–Crippen MR) is 96.3 cm³/mol. The van der Waals surface area contributed by atoms with E-state index in [0.29, 0.717) is 16.4 Å². The van der Waals surface area contributed by atoms with Crippen molar-refractivity contribution in [2.45, 2.75) is 52.7 Å². The number of benzene rings is 2. The highest BCUT2D eigenvalue weighted by atomic mass is 17.0. The smallest absolute Gasteiger partial charge is 0.343 e. The Hall–Kier alpha value is -2.76. The van der Waals surface area contributed by atoms with Gasteiger partial charge in [-0.05, 0) is 41.5 Å². The maximum Gasteiger partial charge on any atom is 0.343 e. The minimum atomic E-state index is -0.731. The lowest BCUT2D eigenvalue weighted by atomic mass is 9.96. The lowest BCUT2D eigenvalue weighted by Crippen LogP contribution is -2.28. The van der Waals surface area contributed by atoms with E-state index in [2.05, 4.69) is 0 Å². The summed E-state index contributed by atoms with van der Waals surface area (Å²) in [6.45, 7) is 10.6. The van der Waals surface area contributed by atoms with E-state index in [-0.39, 0.29) is 16.7 Å². The van der Waals surface area contributed by atoms with Crippen LogP contribution in [0.2, 0.25) is 0 Å². The maximum atomic E-state index is 12.9. The van der Waals surface area contributed by atoms with Crippen LogP contribution in [0, 0.1) is 0 Å². The highest BCUT2D eigenvalue weighted by Crippen LogP contribution is 2.37. The van der Waals surface area contributed by atoms with Crippen molar-refractivity contribution in [3.63, 3.8) is 0 Å². The number of rotatable bonds is 2. The number of hydrogen-bond donors (Lipinski definition) is 0. The average molecular weight is 358 g/mol. The summed E-state index contributed by atoms with van der Waals surface area (Å²) in [5, 5.41) is 1.21. The predicted octanol–water partition coefficient (Wildman–Crippen LogP) is 5.09. The second-order valence-corrected chi connectivity index (χ2v) is 8.12. The fraction of sp³-hybridized carbons (Fsp3) is 0.400. The number of fused-ring (bicyclic) bond motifs is 3. The van der Waals surface area contributed by atoms with E-state index in [0.717, 1.165) is 0 Å². The lowest BCUT2D eigenvalue weighted by Gasteiger charge is -2.23. The van der Waals surface area contributed by atoms with E-state index in [1.807, 2.05) is 6.07 Å². The molecule has 26 heavy (non-hydrogen) atoms.